The van der Waals surface area contributed by atoms with Crippen molar-refractivity contribution >= 4 is 38.5 Å². The number of nitrogens with zero attached hydrogens (tertiary/aromatic N) is 2. The molecular formula is C31H22N2O4S. The summed E-state index contributed by atoms with van der Waals surface area (Å²) in [5, 5.41) is 9.08. The Labute approximate surface area is 221 Å². The number of Topliss-reactive ketones (excluding diaryl/α,β-unsaturated/α-hetero) is 1. The average molecular weight is 519 g/mol. The second-order valence-electron chi connectivity index (χ2n) is 8.91. The van der Waals surface area contributed by atoms with Gasteiger partial charge in [-0.1, -0.05) is 78.4 Å². The highest BCUT2D eigenvalue weighted by Gasteiger charge is 2.42. The van der Waals surface area contributed by atoms with Crippen LogP contribution in [0.15, 0.2) is 108 Å². The Morgan fingerprint density at radius 1 is 0.816 bits per heavy atom. The topological polar surface area (TPSA) is 95.3 Å². The van der Waals surface area contributed by atoms with E-state index >= 15 is 0 Å². The molecular weight excluding hydrogens is 496 g/mol. The minimum atomic E-state index is -4.22. The predicted molar refractivity (Wildman–Crippen MR) is 146 cm³/mol. The van der Waals surface area contributed by atoms with Gasteiger partial charge in [-0.3, -0.25) is 9.59 Å². The van der Waals surface area contributed by atoms with E-state index < -0.39 is 15.9 Å². The summed E-state index contributed by atoms with van der Waals surface area (Å²) in [5.74, 6) is -0.968. The molecule has 0 spiro atoms. The van der Waals surface area contributed by atoms with Crippen LogP contribution < -0.4 is 4.31 Å². The number of para-hydroxylation sites is 1. The molecule has 0 N–H and O–H groups in total. The molecule has 1 heterocycles. The Morgan fingerprint density at radius 2 is 1.45 bits per heavy atom. The maximum Gasteiger partial charge on any atom is 0.273 e. The Balaban J connectivity index is 1.68. The summed E-state index contributed by atoms with van der Waals surface area (Å²) in [6, 6.07) is 30.4. The summed E-state index contributed by atoms with van der Waals surface area (Å²) >= 11 is 0. The molecule has 4 aromatic carbocycles. The van der Waals surface area contributed by atoms with E-state index in [0.717, 1.165) is 9.87 Å². The number of amides is 1. The van der Waals surface area contributed by atoms with E-state index in [1.54, 1.807) is 84.9 Å². The minimum absolute atomic E-state index is 0.00224. The Hall–Kier alpha value is -4.80. The summed E-state index contributed by atoms with van der Waals surface area (Å²) < 4.78 is 28.3. The third-order valence-electron chi connectivity index (χ3n) is 6.45. The smallest absolute Gasteiger partial charge is 0.273 e. The first-order valence-electron chi connectivity index (χ1n) is 11.9. The molecule has 38 heavy (non-hydrogen) atoms. The molecule has 0 aliphatic carbocycles. The van der Waals surface area contributed by atoms with Gasteiger partial charge < -0.3 is 0 Å². The second kappa shape index (κ2) is 9.92. The van der Waals surface area contributed by atoms with Crippen LogP contribution in [0.1, 0.15) is 39.0 Å². The van der Waals surface area contributed by atoms with Crippen molar-refractivity contribution in [2.75, 3.05) is 4.31 Å². The number of anilines is 1. The van der Waals surface area contributed by atoms with Crippen LogP contribution in [0.4, 0.5) is 5.69 Å². The van der Waals surface area contributed by atoms with Crippen molar-refractivity contribution in [3.8, 4) is 6.07 Å². The lowest BCUT2D eigenvalue weighted by molar-refractivity contribution is -0.111. The van der Waals surface area contributed by atoms with Gasteiger partial charge >= 0.3 is 0 Å². The first kappa shape index (κ1) is 24.9. The van der Waals surface area contributed by atoms with Gasteiger partial charge in [-0.25, -0.2) is 8.42 Å². The van der Waals surface area contributed by atoms with Gasteiger partial charge in [0.25, 0.3) is 15.9 Å². The highest BCUT2D eigenvalue weighted by Crippen LogP contribution is 2.44. The van der Waals surface area contributed by atoms with Crippen molar-refractivity contribution in [1.82, 2.24) is 0 Å². The third-order valence-corrected chi connectivity index (χ3v) is 8.16. The number of ketones is 1. The SMILES string of the molecule is Cc1ccc(S(=O)(=O)N2C(=O)/C(=C(\CC(=O)c3ccc(C#N)cc3)c3ccccc3)c3ccccc32)cc1. The summed E-state index contributed by atoms with van der Waals surface area (Å²) in [6.45, 7) is 1.85. The van der Waals surface area contributed by atoms with E-state index in [-0.39, 0.29) is 28.4 Å². The fourth-order valence-corrected chi connectivity index (χ4v) is 5.92. The highest BCUT2D eigenvalue weighted by atomic mass is 32.2. The van der Waals surface area contributed by atoms with E-state index in [1.165, 1.54) is 12.1 Å². The van der Waals surface area contributed by atoms with Gasteiger partial charge in [0.05, 0.1) is 27.8 Å². The Morgan fingerprint density at radius 3 is 2.11 bits per heavy atom. The number of carbonyl (C=O) groups excluding carboxylic acids is 2. The molecule has 1 amide bonds. The van der Waals surface area contributed by atoms with Crippen molar-refractivity contribution in [3.05, 3.63) is 131 Å². The number of aryl methyl sites for hydroxylation is 1. The van der Waals surface area contributed by atoms with Gasteiger partial charge in [-0.05, 0) is 48.4 Å². The third kappa shape index (κ3) is 4.42. The van der Waals surface area contributed by atoms with E-state index in [2.05, 4.69) is 0 Å². The predicted octanol–water partition coefficient (Wildman–Crippen LogP) is 5.79. The Bertz CT molecular complexity index is 1730. The standard InChI is InChI=1S/C31H22N2O4S/c1-21-11-17-25(18-12-21)38(36,37)33-28-10-6-5-9-26(28)30(31(33)35)27(23-7-3-2-4-8-23)19-29(34)24-15-13-22(20-32)14-16-24/h2-18H,19H2,1H3/b30-27+. The number of hydrogen-bond donors (Lipinski definition) is 0. The van der Waals surface area contributed by atoms with Gasteiger partial charge in [-0.15, -0.1) is 0 Å². The second-order valence-corrected chi connectivity index (χ2v) is 10.7. The van der Waals surface area contributed by atoms with Crippen LogP contribution >= 0.6 is 0 Å². The lowest BCUT2D eigenvalue weighted by Gasteiger charge is -2.18. The lowest BCUT2D eigenvalue weighted by Crippen LogP contribution is -2.33. The molecule has 6 nitrogen and oxygen atoms in total. The molecule has 186 valence electrons. The van der Waals surface area contributed by atoms with Crippen LogP contribution in [-0.4, -0.2) is 20.1 Å². The van der Waals surface area contributed by atoms with Crippen LogP contribution in [0, 0.1) is 18.3 Å². The summed E-state index contributed by atoms with van der Waals surface area (Å²) in [6.07, 6.45) is -0.135. The lowest BCUT2D eigenvalue weighted by atomic mass is 9.90. The molecule has 0 fully saturated rings. The number of carbonyl (C=O) groups is 2. The molecule has 1 aliphatic rings. The zero-order chi connectivity index (χ0) is 26.9. The van der Waals surface area contributed by atoms with Crippen LogP contribution in [0.5, 0.6) is 0 Å². The highest BCUT2D eigenvalue weighted by molar-refractivity contribution is 7.93. The number of hydrogen-bond acceptors (Lipinski definition) is 5. The van der Waals surface area contributed by atoms with E-state index in [0.29, 0.717) is 27.8 Å². The summed E-state index contributed by atoms with van der Waals surface area (Å²) in [5.41, 5.74) is 3.64. The summed E-state index contributed by atoms with van der Waals surface area (Å²) in [4.78, 5) is 27.4. The number of allylic oxidation sites excluding steroid dienone is 1. The quantitative estimate of drug-likeness (QED) is 0.238. The van der Waals surface area contributed by atoms with E-state index in [1.807, 2.05) is 19.1 Å². The molecule has 5 rings (SSSR count). The van der Waals surface area contributed by atoms with Crippen molar-refractivity contribution < 1.29 is 18.0 Å². The Kier molecular flexibility index (Phi) is 6.50. The molecule has 0 bridgehead atoms. The molecule has 0 radical (unpaired) electrons. The minimum Gasteiger partial charge on any atom is -0.294 e. The normalized spacial score (nSPS) is 14.1. The van der Waals surface area contributed by atoms with Crippen molar-refractivity contribution in [2.45, 2.75) is 18.2 Å². The van der Waals surface area contributed by atoms with Gasteiger partial charge in [-0.2, -0.15) is 9.57 Å². The van der Waals surface area contributed by atoms with Crippen LogP contribution in [0.2, 0.25) is 0 Å². The molecule has 0 unspecified atom stereocenters. The maximum absolute atomic E-state index is 14.0. The van der Waals surface area contributed by atoms with Crippen LogP contribution in [-0.2, 0) is 14.8 Å². The molecule has 1 aliphatic heterocycles. The van der Waals surface area contributed by atoms with Gasteiger partial charge in [0.1, 0.15) is 0 Å². The maximum atomic E-state index is 14.0. The zero-order valence-corrected chi connectivity index (χ0v) is 21.3. The number of rotatable bonds is 6. The zero-order valence-electron chi connectivity index (χ0n) is 20.5. The molecule has 0 saturated carbocycles. The first-order valence-corrected chi connectivity index (χ1v) is 13.3. The van der Waals surface area contributed by atoms with Crippen LogP contribution in [0.25, 0.3) is 11.1 Å². The molecule has 7 heteroatoms. The number of nitriles is 1. The van der Waals surface area contributed by atoms with Crippen molar-refractivity contribution in [1.29, 1.82) is 5.26 Å². The first-order chi connectivity index (χ1) is 18.3. The molecule has 0 saturated heterocycles. The number of benzene rings is 4. The monoisotopic (exact) mass is 518 g/mol. The number of fused-ring (bicyclic) bond motifs is 1. The molecule has 0 aromatic heterocycles. The fourth-order valence-electron chi connectivity index (χ4n) is 4.50. The molecule has 0 atom stereocenters. The van der Waals surface area contributed by atoms with Gasteiger partial charge in [0, 0.05) is 17.5 Å². The van der Waals surface area contributed by atoms with Gasteiger partial charge in [0.15, 0.2) is 5.78 Å². The van der Waals surface area contributed by atoms with Crippen molar-refractivity contribution in [2.24, 2.45) is 0 Å². The van der Waals surface area contributed by atoms with E-state index in [4.69, 9.17) is 5.26 Å². The van der Waals surface area contributed by atoms with Crippen molar-refractivity contribution in [3.63, 3.8) is 0 Å². The molecule has 4 aromatic rings. The van der Waals surface area contributed by atoms with Crippen LogP contribution in [0.3, 0.4) is 0 Å². The summed E-state index contributed by atoms with van der Waals surface area (Å²) in [7, 11) is -4.22. The number of sulfonamides is 1. The van der Waals surface area contributed by atoms with Gasteiger partial charge in [0.2, 0.25) is 0 Å². The van der Waals surface area contributed by atoms with E-state index in [9.17, 15) is 18.0 Å². The fraction of sp³-hybridized carbons (Fsp3) is 0.0645. The largest absolute Gasteiger partial charge is 0.294 e. The average Bonchev–Trinajstić information content (AvgIpc) is 3.24.